The summed E-state index contributed by atoms with van der Waals surface area (Å²) in [6.45, 7) is 21.4. The Morgan fingerprint density at radius 2 is 1.50 bits per heavy atom. The van der Waals surface area contributed by atoms with Crippen LogP contribution in [0.1, 0.15) is 99.1 Å². The number of rotatable bonds is 10. The van der Waals surface area contributed by atoms with E-state index in [0.717, 1.165) is 64.4 Å². The summed E-state index contributed by atoms with van der Waals surface area (Å²) in [5.41, 5.74) is 3.54. The van der Waals surface area contributed by atoms with Gasteiger partial charge in [-0.05, 0) is 73.0 Å². The first kappa shape index (κ1) is 45.1. The van der Waals surface area contributed by atoms with Crippen LogP contribution < -0.4 is 9.61 Å². The number of nitrogens with zero attached hydrogens (tertiary/aromatic N) is 1. The molecule has 1 aromatic heterocycles. The number of pyridine rings is 1. The van der Waals surface area contributed by atoms with Crippen LogP contribution in [0, 0.1) is 23.3 Å². The third-order valence-corrected chi connectivity index (χ3v) is 13.0. The third-order valence-electron chi connectivity index (χ3n) is 10.6. The van der Waals surface area contributed by atoms with Crippen LogP contribution in [0.5, 0.6) is 5.75 Å². The fraction of sp³-hybridized carbons (Fsp3) is 0.467. The van der Waals surface area contributed by atoms with Crippen LogP contribution in [0.4, 0.5) is 13.2 Å². The summed E-state index contributed by atoms with van der Waals surface area (Å²) in [5, 5.41) is 13.0. The third kappa shape index (κ3) is 9.93. The number of aliphatic hydroxyl groups excluding tert-OH is 1. The number of ketones is 1. The van der Waals surface area contributed by atoms with Gasteiger partial charge in [-0.3, -0.25) is 9.78 Å². The molecule has 54 heavy (non-hydrogen) atoms. The number of carbonyl (C=O) groups excluding carboxylic acids is 1. The van der Waals surface area contributed by atoms with Gasteiger partial charge in [-0.1, -0.05) is 110 Å². The smallest absolute Gasteiger partial charge is 0.394 e. The molecular weight excluding hydrogens is 880 g/mol. The molecule has 1 aliphatic heterocycles. The number of hydrogen-bond donors (Lipinski definition) is 1. The molecular formula is C45H57F3IrNO3Si-. The van der Waals surface area contributed by atoms with E-state index in [9.17, 15) is 23.1 Å². The van der Waals surface area contributed by atoms with Gasteiger partial charge in [0.15, 0.2) is 5.78 Å². The molecule has 2 heterocycles. The number of hydrogen-bond acceptors (Lipinski definition) is 4. The molecule has 0 unspecified atom stereocenters. The van der Waals surface area contributed by atoms with E-state index < -0.39 is 19.9 Å². The molecule has 4 aromatic rings. The average Bonchev–Trinajstić information content (AvgIpc) is 3.08. The molecule has 0 fully saturated rings. The van der Waals surface area contributed by atoms with E-state index in [1.54, 1.807) is 6.20 Å². The normalized spacial score (nSPS) is 14.1. The second kappa shape index (κ2) is 17.7. The van der Waals surface area contributed by atoms with E-state index in [-0.39, 0.29) is 55.3 Å². The van der Waals surface area contributed by atoms with Crippen LogP contribution in [0.2, 0.25) is 13.1 Å². The fourth-order valence-corrected chi connectivity index (χ4v) is 9.29. The van der Waals surface area contributed by atoms with Crippen molar-refractivity contribution < 1.29 is 47.6 Å². The minimum Gasteiger partial charge on any atom is -0.543 e. The van der Waals surface area contributed by atoms with Crippen molar-refractivity contribution in [1.82, 2.24) is 4.98 Å². The number of allylic oxidation sites excluding steroid dienone is 2. The zero-order chi connectivity index (χ0) is 39.5. The Labute approximate surface area is 335 Å². The van der Waals surface area contributed by atoms with Crippen molar-refractivity contribution in [2.24, 2.45) is 17.3 Å². The number of halogens is 3. The van der Waals surface area contributed by atoms with Crippen LogP contribution in [0.3, 0.4) is 0 Å². The van der Waals surface area contributed by atoms with E-state index in [4.69, 9.17) is 9.41 Å². The van der Waals surface area contributed by atoms with Gasteiger partial charge in [-0.15, -0.1) is 29.1 Å². The molecule has 9 heteroatoms. The standard InChI is InChI=1S/C32H33F3NOSi.C13H24O2.Ir/c1-30(2,3)26-18-22(17-21-10-8-9-11-23(21)26)28-29-25(14-15-36-28)24-13-12-20(16-27(24)38(6,7)37-29)19-31(4,5)32(33,34)35;1-5-10(6-2)12(14)9-13(15)11(7-3)8-4;/h8-16,18H,19H2,1-7H3;9-11,14H,5-8H2,1-4H3;/q-1;;/b;12-9-;. The van der Waals surface area contributed by atoms with E-state index in [1.807, 2.05) is 64.1 Å². The monoisotopic (exact) mass is 937 g/mol. The van der Waals surface area contributed by atoms with E-state index in [1.165, 1.54) is 30.9 Å². The Bertz CT molecular complexity index is 1950. The van der Waals surface area contributed by atoms with Crippen molar-refractivity contribution in [1.29, 1.82) is 0 Å². The summed E-state index contributed by atoms with van der Waals surface area (Å²) in [6, 6.07) is 21.7. The first-order valence-electron chi connectivity index (χ1n) is 19.0. The van der Waals surface area contributed by atoms with Crippen molar-refractivity contribution in [3.05, 3.63) is 89.8 Å². The number of fused-ring (bicyclic) bond motifs is 4. The van der Waals surface area contributed by atoms with Gasteiger partial charge >= 0.3 is 6.18 Å². The Morgan fingerprint density at radius 1 is 0.889 bits per heavy atom. The van der Waals surface area contributed by atoms with Crippen LogP contribution >= 0.6 is 0 Å². The summed E-state index contributed by atoms with van der Waals surface area (Å²) >= 11 is 0. The van der Waals surface area contributed by atoms with E-state index in [0.29, 0.717) is 5.56 Å². The number of benzene rings is 3. The average molecular weight is 937 g/mol. The van der Waals surface area contributed by atoms with E-state index >= 15 is 0 Å². The summed E-state index contributed by atoms with van der Waals surface area (Å²) < 4.78 is 47.5. The molecule has 4 nitrogen and oxygen atoms in total. The van der Waals surface area contributed by atoms with Crippen molar-refractivity contribution >= 4 is 30.1 Å². The predicted octanol–water partition coefficient (Wildman–Crippen LogP) is 12.5. The number of aromatic nitrogens is 1. The quantitative estimate of drug-likeness (QED) is 0.0745. The Balaban J connectivity index is 0.000000418. The summed E-state index contributed by atoms with van der Waals surface area (Å²) in [7, 11) is -2.52. The first-order valence-corrected chi connectivity index (χ1v) is 21.9. The maximum Gasteiger partial charge on any atom is 0.394 e. The van der Waals surface area contributed by atoms with Gasteiger partial charge in [-0.2, -0.15) is 13.2 Å². The van der Waals surface area contributed by atoms with Gasteiger partial charge in [0.05, 0.1) is 11.2 Å². The van der Waals surface area contributed by atoms with Crippen molar-refractivity contribution in [3.63, 3.8) is 0 Å². The zero-order valence-electron chi connectivity index (χ0n) is 33.7. The molecule has 0 atom stereocenters. The van der Waals surface area contributed by atoms with Gasteiger partial charge in [0.25, 0.3) is 8.32 Å². The van der Waals surface area contributed by atoms with Crippen molar-refractivity contribution in [2.75, 3.05) is 0 Å². The molecule has 0 aliphatic carbocycles. The SMILES string of the molecule is CC(C)(C)c1cc(-c2nccc3c2O[Si](C)(C)c2cc(CC(C)(C)C(F)(F)F)ccc2-3)[c-]c2ccccc12.CCC(CC)C(=O)/C=C(\O)C(CC)CC.[Ir]. The van der Waals surface area contributed by atoms with Gasteiger partial charge in [0, 0.05) is 55.5 Å². The minimum absolute atomic E-state index is 0. The van der Waals surface area contributed by atoms with Crippen LogP contribution in [0.15, 0.2) is 72.6 Å². The maximum atomic E-state index is 13.6. The molecule has 0 bridgehead atoms. The van der Waals surface area contributed by atoms with Gasteiger partial charge in [0.1, 0.15) is 5.75 Å². The number of alkyl halides is 3. The predicted molar refractivity (Wildman–Crippen MR) is 215 cm³/mol. The molecule has 1 aliphatic rings. The Morgan fingerprint density at radius 3 is 2.07 bits per heavy atom. The second-order valence-corrected chi connectivity index (χ2v) is 20.2. The van der Waals surface area contributed by atoms with Crippen LogP contribution in [-0.2, 0) is 36.7 Å². The molecule has 295 valence electrons. The van der Waals surface area contributed by atoms with Crippen LogP contribution in [-0.4, -0.2) is 30.4 Å². The number of aliphatic hydroxyl groups is 1. The first-order chi connectivity index (χ1) is 24.7. The molecule has 1 N–H and O–H groups in total. The Kier molecular flexibility index (Phi) is 14.8. The molecule has 0 saturated carbocycles. The molecule has 0 saturated heterocycles. The molecule has 0 amide bonds. The molecule has 0 spiro atoms. The van der Waals surface area contributed by atoms with Gasteiger partial charge < -0.3 is 9.53 Å². The largest absolute Gasteiger partial charge is 0.543 e. The minimum atomic E-state index is -4.28. The van der Waals surface area contributed by atoms with Gasteiger partial charge in [-0.25, -0.2) is 0 Å². The maximum absolute atomic E-state index is 13.6. The summed E-state index contributed by atoms with van der Waals surface area (Å²) in [4.78, 5) is 16.5. The second-order valence-electron chi connectivity index (χ2n) is 16.5. The summed E-state index contributed by atoms with van der Waals surface area (Å²) in [6.07, 6.45) is 2.33. The Hall–Kier alpha value is -3.26. The topological polar surface area (TPSA) is 59.4 Å². The van der Waals surface area contributed by atoms with Gasteiger partial charge in [0.2, 0.25) is 0 Å². The van der Waals surface area contributed by atoms with Crippen LogP contribution in [0.25, 0.3) is 33.2 Å². The molecule has 5 rings (SSSR count). The van der Waals surface area contributed by atoms with E-state index in [2.05, 4.69) is 58.1 Å². The molecule has 3 aromatic carbocycles. The van der Waals surface area contributed by atoms with Crippen molar-refractivity contribution in [3.8, 4) is 28.1 Å². The fourth-order valence-electron chi connectivity index (χ4n) is 7.07. The number of carbonyl (C=O) groups is 1. The van der Waals surface area contributed by atoms with Crippen molar-refractivity contribution in [2.45, 2.75) is 119 Å². The summed E-state index contributed by atoms with van der Waals surface area (Å²) in [5.74, 6) is 1.28. The molecule has 1 radical (unpaired) electrons. The zero-order valence-corrected chi connectivity index (χ0v) is 37.1.